The number of fused-ring (bicyclic) bond motifs is 1. The van der Waals surface area contributed by atoms with Gasteiger partial charge in [-0.2, -0.15) is 5.10 Å². The number of hydrogen-bond acceptors (Lipinski definition) is 4. The van der Waals surface area contributed by atoms with Gasteiger partial charge in [0.05, 0.1) is 11.9 Å². The molecule has 124 valence electrons. The number of anilines is 1. The molecule has 25 heavy (non-hydrogen) atoms. The number of hydrogen-bond donors (Lipinski definition) is 1. The topological polar surface area (TPSA) is 42.2 Å². The van der Waals surface area contributed by atoms with E-state index in [0.29, 0.717) is 0 Å². The van der Waals surface area contributed by atoms with Crippen molar-refractivity contribution in [1.29, 1.82) is 0 Å². The van der Waals surface area contributed by atoms with E-state index in [1.807, 2.05) is 24.6 Å². The number of thiazole rings is 1. The van der Waals surface area contributed by atoms with Crippen LogP contribution in [0.2, 0.25) is 0 Å². The monoisotopic (exact) mass is 346 g/mol. The lowest BCUT2D eigenvalue weighted by Gasteiger charge is -2.06. The first-order valence-electron chi connectivity index (χ1n) is 8.12. The van der Waals surface area contributed by atoms with E-state index in [1.165, 1.54) is 16.5 Å². The lowest BCUT2D eigenvalue weighted by Crippen LogP contribution is -1.98. The van der Waals surface area contributed by atoms with Crippen molar-refractivity contribution in [3.63, 3.8) is 0 Å². The minimum absolute atomic E-state index is 0.808. The molecule has 4 rings (SSSR count). The Morgan fingerprint density at radius 2 is 2.04 bits per heavy atom. The molecule has 5 heteroatoms. The maximum atomic E-state index is 4.33. The molecule has 0 aliphatic carbocycles. The molecular weight excluding hydrogens is 328 g/mol. The summed E-state index contributed by atoms with van der Waals surface area (Å²) in [5.41, 5.74) is 7.54. The SMILES string of the molecule is Cc1csc(NN=Cc2ccc3ccn(Cc4ccccc4)c3c2)n1. The zero-order valence-electron chi connectivity index (χ0n) is 13.9. The van der Waals surface area contributed by atoms with Crippen molar-refractivity contribution in [2.45, 2.75) is 13.5 Å². The molecule has 2 heterocycles. The van der Waals surface area contributed by atoms with Gasteiger partial charge >= 0.3 is 0 Å². The first-order chi connectivity index (χ1) is 12.3. The predicted molar refractivity (Wildman–Crippen MR) is 106 cm³/mol. The van der Waals surface area contributed by atoms with Gasteiger partial charge in [0, 0.05) is 23.6 Å². The highest BCUT2D eigenvalue weighted by molar-refractivity contribution is 7.13. The second-order valence-corrected chi connectivity index (χ2v) is 6.77. The second-order valence-electron chi connectivity index (χ2n) is 5.91. The van der Waals surface area contributed by atoms with Crippen molar-refractivity contribution < 1.29 is 0 Å². The number of hydrazone groups is 1. The van der Waals surface area contributed by atoms with Crippen LogP contribution in [0.15, 0.2) is 71.3 Å². The normalized spacial score (nSPS) is 11.4. The summed E-state index contributed by atoms with van der Waals surface area (Å²) in [5.74, 6) is 0. The lowest BCUT2D eigenvalue weighted by atomic mass is 10.2. The fourth-order valence-corrected chi connectivity index (χ4v) is 3.40. The van der Waals surface area contributed by atoms with Crippen molar-refractivity contribution in [3.05, 3.63) is 83.0 Å². The van der Waals surface area contributed by atoms with Gasteiger partial charge in [-0.3, -0.25) is 5.43 Å². The van der Waals surface area contributed by atoms with E-state index >= 15 is 0 Å². The van der Waals surface area contributed by atoms with Crippen LogP contribution in [0.5, 0.6) is 0 Å². The summed E-state index contributed by atoms with van der Waals surface area (Å²) in [6.45, 7) is 2.84. The van der Waals surface area contributed by atoms with Gasteiger partial charge in [-0.15, -0.1) is 11.3 Å². The van der Waals surface area contributed by atoms with Gasteiger partial charge in [-0.05, 0) is 35.6 Å². The van der Waals surface area contributed by atoms with E-state index in [0.717, 1.165) is 22.9 Å². The van der Waals surface area contributed by atoms with Crippen LogP contribution in [-0.4, -0.2) is 15.8 Å². The van der Waals surface area contributed by atoms with E-state index in [1.54, 1.807) is 11.3 Å². The van der Waals surface area contributed by atoms with Crippen LogP contribution in [0.1, 0.15) is 16.8 Å². The first kappa shape index (κ1) is 15.6. The molecule has 2 aromatic carbocycles. The molecule has 0 bridgehead atoms. The Hall–Kier alpha value is -2.92. The fraction of sp³-hybridized carbons (Fsp3) is 0.100. The standard InChI is InChI=1S/C20H18N4S/c1-15-14-25-20(22-15)23-21-12-17-7-8-18-9-10-24(19(18)11-17)13-16-5-3-2-4-6-16/h2-12,14H,13H2,1H3,(H,22,23). The minimum Gasteiger partial charge on any atom is -0.343 e. The third-order valence-electron chi connectivity index (χ3n) is 3.99. The number of rotatable bonds is 5. The third-order valence-corrected chi connectivity index (χ3v) is 4.85. The Bertz CT molecular complexity index is 1010. The van der Waals surface area contributed by atoms with Crippen LogP contribution in [0.4, 0.5) is 5.13 Å². The molecule has 2 aromatic heterocycles. The predicted octanol–water partition coefficient (Wildman–Crippen LogP) is 4.90. The van der Waals surface area contributed by atoms with Crippen molar-refractivity contribution in [2.24, 2.45) is 5.10 Å². The highest BCUT2D eigenvalue weighted by Crippen LogP contribution is 2.19. The number of nitrogens with zero attached hydrogens (tertiary/aromatic N) is 3. The molecule has 0 fully saturated rings. The Morgan fingerprint density at radius 3 is 2.84 bits per heavy atom. The maximum absolute atomic E-state index is 4.33. The van der Waals surface area contributed by atoms with Gasteiger partial charge in [0.25, 0.3) is 0 Å². The molecule has 0 radical (unpaired) electrons. The van der Waals surface area contributed by atoms with Crippen molar-refractivity contribution in [2.75, 3.05) is 5.43 Å². The second kappa shape index (κ2) is 6.91. The van der Waals surface area contributed by atoms with Crippen LogP contribution in [-0.2, 0) is 6.54 Å². The summed E-state index contributed by atoms with van der Waals surface area (Å²) in [6.07, 6.45) is 3.96. The summed E-state index contributed by atoms with van der Waals surface area (Å²) in [5, 5.41) is 8.33. The third kappa shape index (κ3) is 3.61. The number of aromatic nitrogens is 2. The quantitative estimate of drug-likeness (QED) is 0.412. The van der Waals surface area contributed by atoms with Gasteiger partial charge in [0.15, 0.2) is 0 Å². The van der Waals surface area contributed by atoms with Gasteiger partial charge in [0.1, 0.15) is 0 Å². The fourth-order valence-electron chi connectivity index (χ4n) is 2.77. The van der Waals surface area contributed by atoms with Crippen LogP contribution < -0.4 is 5.43 Å². The molecule has 0 saturated carbocycles. The minimum atomic E-state index is 0.808. The van der Waals surface area contributed by atoms with Crippen LogP contribution in [0.3, 0.4) is 0 Å². The molecular formula is C20H18N4S. The highest BCUT2D eigenvalue weighted by Gasteiger charge is 2.03. The lowest BCUT2D eigenvalue weighted by molar-refractivity contribution is 0.837. The van der Waals surface area contributed by atoms with Gasteiger partial charge in [0.2, 0.25) is 5.13 Å². The molecule has 0 atom stereocenters. The maximum Gasteiger partial charge on any atom is 0.203 e. The summed E-state index contributed by atoms with van der Waals surface area (Å²) >= 11 is 1.55. The molecule has 4 nitrogen and oxygen atoms in total. The summed E-state index contributed by atoms with van der Waals surface area (Å²) < 4.78 is 2.26. The average Bonchev–Trinajstić information content (AvgIpc) is 3.22. The molecule has 4 aromatic rings. The van der Waals surface area contributed by atoms with E-state index in [2.05, 4.69) is 74.8 Å². The Balaban J connectivity index is 1.55. The summed E-state index contributed by atoms with van der Waals surface area (Å²) in [7, 11) is 0. The van der Waals surface area contributed by atoms with Gasteiger partial charge in [-0.25, -0.2) is 4.98 Å². The molecule has 0 aliphatic rings. The van der Waals surface area contributed by atoms with E-state index in [-0.39, 0.29) is 0 Å². The zero-order valence-corrected chi connectivity index (χ0v) is 14.7. The van der Waals surface area contributed by atoms with Crippen molar-refractivity contribution >= 4 is 33.6 Å². The van der Waals surface area contributed by atoms with Gasteiger partial charge in [-0.1, -0.05) is 42.5 Å². The zero-order chi connectivity index (χ0) is 17.1. The Morgan fingerprint density at radius 1 is 1.16 bits per heavy atom. The van der Waals surface area contributed by atoms with Crippen molar-refractivity contribution in [1.82, 2.24) is 9.55 Å². The van der Waals surface area contributed by atoms with Crippen LogP contribution in [0, 0.1) is 6.92 Å². The molecule has 0 aliphatic heterocycles. The summed E-state index contributed by atoms with van der Waals surface area (Å²) in [6, 6.07) is 19.0. The number of benzene rings is 2. The van der Waals surface area contributed by atoms with E-state index in [4.69, 9.17) is 0 Å². The molecule has 1 N–H and O–H groups in total. The summed E-state index contributed by atoms with van der Waals surface area (Å²) in [4.78, 5) is 4.33. The largest absolute Gasteiger partial charge is 0.343 e. The molecule has 0 saturated heterocycles. The number of nitrogens with one attached hydrogen (secondary N) is 1. The Kier molecular flexibility index (Phi) is 4.31. The highest BCUT2D eigenvalue weighted by atomic mass is 32.1. The van der Waals surface area contributed by atoms with Crippen LogP contribution >= 0.6 is 11.3 Å². The first-order valence-corrected chi connectivity index (χ1v) is 9.00. The van der Waals surface area contributed by atoms with E-state index in [9.17, 15) is 0 Å². The average molecular weight is 346 g/mol. The van der Waals surface area contributed by atoms with E-state index < -0.39 is 0 Å². The molecule has 0 spiro atoms. The molecule has 0 amide bonds. The van der Waals surface area contributed by atoms with Crippen LogP contribution in [0.25, 0.3) is 10.9 Å². The Labute approximate surface area is 150 Å². The van der Waals surface area contributed by atoms with Crippen molar-refractivity contribution in [3.8, 4) is 0 Å². The number of aryl methyl sites for hydroxylation is 1. The molecule has 0 unspecified atom stereocenters. The van der Waals surface area contributed by atoms with Gasteiger partial charge < -0.3 is 4.57 Å². The smallest absolute Gasteiger partial charge is 0.203 e.